The van der Waals surface area contributed by atoms with Crippen molar-refractivity contribution in [1.82, 2.24) is 0 Å². The summed E-state index contributed by atoms with van der Waals surface area (Å²) < 4.78 is 12.6. The molecule has 0 fully saturated rings. The Labute approximate surface area is 243 Å². The van der Waals surface area contributed by atoms with Crippen LogP contribution in [0.3, 0.4) is 0 Å². The van der Waals surface area contributed by atoms with Gasteiger partial charge in [-0.2, -0.15) is 0 Å². The fraction of sp³-hybridized carbons (Fsp3) is 0. The third-order valence-electron chi connectivity index (χ3n) is 8.46. The Balaban J connectivity index is 1.28. The largest absolute Gasteiger partial charge is 0.456 e. The van der Waals surface area contributed by atoms with Gasteiger partial charge in [-0.15, -0.1) is 0 Å². The molecular formula is C40H24O2. The van der Waals surface area contributed by atoms with Crippen LogP contribution in [-0.4, -0.2) is 0 Å². The van der Waals surface area contributed by atoms with Gasteiger partial charge in [0.1, 0.15) is 22.7 Å². The zero-order chi connectivity index (χ0) is 27.6. The van der Waals surface area contributed by atoms with Crippen LogP contribution in [0, 0.1) is 0 Å². The lowest BCUT2D eigenvalue weighted by Gasteiger charge is -2.22. The number of rotatable bonds is 3. The van der Waals surface area contributed by atoms with Crippen molar-refractivity contribution in [2.75, 3.05) is 0 Å². The molecule has 2 nitrogen and oxygen atoms in total. The van der Waals surface area contributed by atoms with E-state index in [0.717, 1.165) is 55.5 Å². The summed E-state index contributed by atoms with van der Waals surface area (Å²) in [6, 6.07) is 51.5. The number of hydrogen-bond donors (Lipinski definition) is 0. The minimum atomic E-state index is 0.901. The van der Waals surface area contributed by atoms with Crippen LogP contribution in [0.25, 0.3) is 77.2 Å². The minimum Gasteiger partial charge on any atom is -0.456 e. The maximum absolute atomic E-state index is 6.38. The lowest BCUT2D eigenvalue weighted by atomic mass is 9.88. The van der Waals surface area contributed by atoms with E-state index in [9.17, 15) is 0 Å². The van der Waals surface area contributed by atoms with E-state index in [1.165, 1.54) is 33.2 Å². The molecule has 42 heavy (non-hydrogen) atoms. The first kappa shape index (κ1) is 23.1. The Morgan fingerprint density at radius 2 is 1.05 bits per heavy atom. The fourth-order valence-corrected chi connectivity index (χ4v) is 6.48. The van der Waals surface area contributed by atoms with Gasteiger partial charge in [-0.05, 0) is 92.9 Å². The maximum Gasteiger partial charge on any atom is 0.136 e. The van der Waals surface area contributed by atoms with E-state index >= 15 is 0 Å². The molecule has 0 bridgehead atoms. The number of para-hydroxylation sites is 2. The average molecular weight is 537 g/mol. The van der Waals surface area contributed by atoms with Crippen molar-refractivity contribution in [3.63, 3.8) is 0 Å². The molecule has 9 rings (SSSR count). The van der Waals surface area contributed by atoms with E-state index in [1.807, 2.05) is 24.3 Å². The highest BCUT2D eigenvalue weighted by molar-refractivity contribution is 6.10. The second-order valence-electron chi connectivity index (χ2n) is 10.9. The Hall–Kier alpha value is -5.60. The molecule has 0 saturated carbocycles. The zero-order valence-electron chi connectivity index (χ0n) is 22.7. The Morgan fingerprint density at radius 3 is 1.98 bits per heavy atom. The first-order chi connectivity index (χ1) is 20.8. The third kappa shape index (κ3) is 3.52. The van der Waals surface area contributed by atoms with E-state index in [-0.39, 0.29) is 0 Å². The van der Waals surface area contributed by atoms with Gasteiger partial charge >= 0.3 is 0 Å². The van der Waals surface area contributed by atoms with E-state index in [4.69, 9.17) is 9.15 Å². The van der Waals surface area contributed by atoms with Crippen LogP contribution in [0.5, 0.6) is 11.5 Å². The van der Waals surface area contributed by atoms with Crippen molar-refractivity contribution in [1.29, 1.82) is 0 Å². The van der Waals surface area contributed by atoms with Gasteiger partial charge in [-0.3, -0.25) is 0 Å². The molecule has 0 unspecified atom stereocenters. The monoisotopic (exact) mass is 536 g/mol. The predicted octanol–water partition coefficient (Wildman–Crippen LogP) is 11.5. The van der Waals surface area contributed by atoms with E-state index in [2.05, 4.69) is 121 Å². The summed E-state index contributed by atoms with van der Waals surface area (Å²) in [4.78, 5) is 0. The van der Waals surface area contributed by atoms with Crippen LogP contribution in [0.2, 0.25) is 0 Å². The second kappa shape index (κ2) is 8.95. The third-order valence-corrected chi connectivity index (χ3v) is 8.46. The summed E-state index contributed by atoms with van der Waals surface area (Å²) in [6.45, 7) is 0. The molecule has 196 valence electrons. The van der Waals surface area contributed by atoms with Gasteiger partial charge < -0.3 is 9.15 Å². The molecule has 7 aromatic carbocycles. The maximum atomic E-state index is 6.38. The Morgan fingerprint density at radius 1 is 0.333 bits per heavy atom. The fourth-order valence-electron chi connectivity index (χ4n) is 6.48. The molecule has 8 aromatic rings. The standard InChI is InChI=1S/C40H24O2/c1-2-9-25(10-3-1)27-21-28(26-17-18-33-31-11-4-6-15-36(31)42-39(33)24-26)23-29(22-27)30-19-20-38-40-34(30)13-8-14-35(40)32-12-5-7-16-37(32)41-38/h1-24H. The van der Waals surface area contributed by atoms with Crippen molar-refractivity contribution in [3.05, 3.63) is 146 Å². The summed E-state index contributed by atoms with van der Waals surface area (Å²) in [6.07, 6.45) is 0. The summed E-state index contributed by atoms with van der Waals surface area (Å²) in [5.41, 5.74) is 11.1. The molecule has 1 aliphatic rings. The molecular weight excluding hydrogens is 512 g/mol. The normalized spacial score (nSPS) is 12.0. The van der Waals surface area contributed by atoms with Crippen LogP contribution >= 0.6 is 0 Å². The van der Waals surface area contributed by atoms with Gasteiger partial charge in [-0.25, -0.2) is 0 Å². The number of hydrogen-bond acceptors (Lipinski definition) is 2. The molecule has 0 radical (unpaired) electrons. The number of ether oxygens (including phenoxy) is 1. The highest BCUT2D eigenvalue weighted by atomic mass is 16.5. The molecule has 1 aliphatic heterocycles. The summed E-state index contributed by atoms with van der Waals surface area (Å²) in [7, 11) is 0. The highest BCUT2D eigenvalue weighted by Gasteiger charge is 2.21. The van der Waals surface area contributed by atoms with E-state index in [1.54, 1.807) is 0 Å². The van der Waals surface area contributed by atoms with Gasteiger partial charge in [0.2, 0.25) is 0 Å². The van der Waals surface area contributed by atoms with Crippen LogP contribution < -0.4 is 4.74 Å². The van der Waals surface area contributed by atoms with Gasteiger partial charge in [-0.1, -0.05) is 97.1 Å². The molecule has 0 spiro atoms. The molecule has 0 N–H and O–H groups in total. The lowest BCUT2D eigenvalue weighted by Crippen LogP contribution is -1.97. The summed E-state index contributed by atoms with van der Waals surface area (Å²) in [5, 5.41) is 4.62. The zero-order valence-corrected chi connectivity index (χ0v) is 22.7. The van der Waals surface area contributed by atoms with Crippen molar-refractivity contribution in [3.8, 4) is 56.0 Å². The molecule has 2 heteroatoms. The van der Waals surface area contributed by atoms with Crippen molar-refractivity contribution in [2.45, 2.75) is 0 Å². The summed E-state index contributed by atoms with van der Waals surface area (Å²) >= 11 is 0. The minimum absolute atomic E-state index is 0.901. The predicted molar refractivity (Wildman–Crippen MR) is 173 cm³/mol. The molecule has 1 aromatic heterocycles. The quantitative estimate of drug-likeness (QED) is 0.224. The smallest absolute Gasteiger partial charge is 0.136 e. The van der Waals surface area contributed by atoms with Crippen LogP contribution in [0.1, 0.15) is 0 Å². The lowest BCUT2D eigenvalue weighted by molar-refractivity contribution is 0.487. The van der Waals surface area contributed by atoms with Gasteiger partial charge in [0, 0.05) is 21.7 Å². The first-order valence-corrected chi connectivity index (χ1v) is 14.3. The van der Waals surface area contributed by atoms with Gasteiger partial charge in [0.15, 0.2) is 0 Å². The second-order valence-corrected chi connectivity index (χ2v) is 10.9. The number of fused-ring (bicyclic) bond motifs is 5. The Bertz CT molecular complexity index is 2330. The topological polar surface area (TPSA) is 22.4 Å². The Kier molecular flexibility index (Phi) is 4.93. The van der Waals surface area contributed by atoms with E-state index < -0.39 is 0 Å². The highest BCUT2D eigenvalue weighted by Crippen LogP contribution is 2.49. The average Bonchev–Trinajstić information content (AvgIpc) is 3.43. The SMILES string of the molecule is c1ccc(-c2cc(-c3ccc4c(c3)oc3ccccc34)cc(-c3ccc4c5c(cccc35)-c3ccccc3O4)c2)cc1. The van der Waals surface area contributed by atoms with Crippen molar-refractivity contribution in [2.24, 2.45) is 0 Å². The van der Waals surface area contributed by atoms with Crippen molar-refractivity contribution < 1.29 is 9.15 Å². The summed E-state index contributed by atoms with van der Waals surface area (Å²) in [5.74, 6) is 1.80. The molecule has 0 atom stereocenters. The van der Waals surface area contributed by atoms with Crippen LogP contribution in [0.15, 0.2) is 150 Å². The van der Waals surface area contributed by atoms with Crippen molar-refractivity contribution >= 4 is 32.7 Å². The van der Waals surface area contributed by atoms with Crippen LogP contribution in [-0.2, 0) is 0 Å². The van der Waals surface area contributed by atoms with Gasteiger partial charge in [0.25, 0.3) is 0 Å². The molecule has 0 aliphatic carbocycles. The van der Waals surface area contributed by atoms with Gasteiger partial charge in [0.05, 0.1) is 0 Å². The molecule has 0 saturated heterocycles. The first-order valence-electron chi connectivity index (χ1n) is 14.3. The number of furan rings is 1. The number of benzene rings is 7. The van der Waals surface area contributed by atoms with Crippen LogP contribution in [0.4, 0.5) is 0 Å². The molecule has 2 heterocycles. The molecule has 0 amide bonds. The van der Waals surface area contributed by atoms with E-state index in [0.29, 0.717) is 0 Å².